The third-order valence-electron chi connectivity index (χ3n) is 5.66. The van der Waals surface area contributed by atoms with Crippen LogP contribution in [-0.2, 0) is 13.2 Å². The van der Waals surface area contributed by atoms with Gasteiger partial charge in [0.15, 0.2) is 5.43 Å². The molecule has 0 spiro atoms. The minimum atomic E-state index is 0.120. The van der Waals surface area contributed by atoms with Crippen molar-refractivity contribution in [3.63, 3.8) is 0 Å². The summed E-state index contributed by atoms with van der Waals surface area (Å²) in [5.74, 6) is 1.43. The average molecular weight is 377 g/mol. The molecule has 1 N–H and O–H groups in total. The van der Waals surface area contributed by atoms with Crippen LogP contribution >= 0.6 is 0 Å². The number of ether oxygens (including phenoxy) is 1. The molecule has 28 heavy (non-hydrogen) atoms. The smallest absolute Gasteiger partial charge is 0.194 e. The number of rotatable bonds is 5. The molecule has 1 aliphatic heterocycles. The molecule has 1 aliphatic rings. The first-order valence-corrected chi connectivity index (χ1v) is 10.1. The zero-order valence-electron chi connectivity index (χ0n) is 16.7. The maximum atomic E-state index is 13.2. The Labute approximate surface area is 166 Å². The van der Waals surface area contributed by atoms with Crippen LogP contribution in [0.1, 0.15) is 36.6 Å². The van der Waals surface area contributed by atoms with Crippen molar-refractivity contribution in [1.82, 2.24) is 9.88 Å². The van der Waals surface area contributed by atoms with Crippen LogP contribution in [0, 0.1) is 12.8 Å². The lowest BCUT2D eigenvalue weighted by Gasteiger charge is -2.31. The Kier molecular flexibility index (Phi) is 5.49. The quantitative estimate of drug-likeness (QED) is 0.705. The summed E-state index contributed by atoms with van der Waals surface area (Å²) in [5, 5.41) is 0.705. The van der Waals surface area contributed by atoms with Gasteiger partial charge in [0.2, 0.25) is 0 Å². The van der Waals surface area contributed by atoms with Gasteiger partial charge >= 0.3 is 0 Å². The van der Waals surface area contributed by atoms with Gasteiger partial charge in [-0.3, -0.25) is 9.69 Å². The van der Waals surface area contributed by atoms with Gasteiger partial charge in [-0.2, -0.15) is 0 Å². The van der Waals surface area contributed by atoms with Crippen LogP contribution in [0.15, 0.2) is 53.3 Å². The number of fused-ring (bicyclic) bond motifs is 1. The molecule has 1 atom stereocenters. The first kappa shape index (κ1) is 18.8. The Balaban J connectivity index is 1.59. The zero-order chi connectivity index (χ0) is 19.5. The highest BCUT2D eigenvalue weighted by Crippen LogP contribution is 2.22. The van der Waals surface area contributed by atoms with Crippen LogP contribution in [0.5, 0.6) is 5.75 Å². The van der Waals surface area contributed by atoms with Gasteiger partial charge in [-0.05, 0) is 56.0 Å². The van der Waals surface area contributed by atoms with Crippen LogP contribution in [0.2, 0.25) is 0 Å². The average Bonchev–Trinajstić information content (AvgIpc) is 2.71. The van der Waals surface area contributed by atoms with Gasteiger partial charge in [-0.25, -0.2) is 0 Å². The third kappa shape index (κ3) is 4.12. The van der Waals surface area contributed by atoms with Crippen molar-refractivity contribution in [3.05, 3.63) is 75.6 Å². The Bertz CT molecular complexity index is 1010. The number of benzene rings is 2. The fraction of sp³-hybridized carbons (Fsp3) is 0.375. The van der Waals surface area contributed by atoms with Crippen LogP contribution in [0.3, 0.4) is 0 Å². The van der Waals surface area contributed by atoms with Gasteiger partial charge in [0.25, 0.3) is 0 Å². The number of hydrogen-bond donors (Lipinski definition) is 1. The van der Waals surface area contributed by atoms with Crippen LogP contribution < -0.4 is 10.2 Å². The van der Waals surface area contributed by atoms with Crippen molar-refractivity contribution in [3.8, 4) is 5.75 Å². The molecule has 1 fully saturated rings. The molecule has 0 bridgehead atoms. The third-order valence-corrected chi connectivity index (χ3v) is 5.66. The fourth-order valence-corrected chi connectivity index (χ4v) is 4.11. The SMILES string of the molecule is Cc1[nH]c2ccc(OCc3ccccc3)cc2c(=O)c1CN1CCCC(C)C1. The van der Waals surface area contributed by atoms with Gasteiger partial charge < -0.3 is 9.72 Å². The number of piperidine rings is 1. The normalized spacial score (nSPS) is 17.7. The molecule has 3 aromatic rings. The summed E-state index contributed by atoms with van der Waals surface area (Å²) in [6.45, 7) is 7.65. The van der Waals surface area contributed by atoms with E-state index in [0.717, 1.165) is 47.7 Å². The molecule has 0 aliphatic carbocycles. The number of aromatic nitrogens is 1. The van der Waals surface area contributed by atoms with Crippen LogP contribution in [0.4, 0.5) is 0 Å². The Morgan fingerprint density at radius 3 is 2.79 bits per heavy atom. The van der Waals surface area contributed by atoms with E-state index in [4.69, 9.17) is 4.74 Å². The minimum absolute atomic E-state index is 0.120. The van der Waals surface area contributed by atoms with Crippen molar-refractivity contribution in [1.29, 1.82) is 0 Å². The molecule has 2 heterocycles. The molecular formula is C24H28N2O2. The first-order valence-electron chi connectivity index (χ1n) is 10.1. The number of hydrogen-bond acceptors (Lipinski definition) is 3. The van der Waals surface area contributed by atoms with Gasteiger partial charge in [0.05, 0.1) is 0 Å². The number of aryl methyl sites for hydroxylation is 1. The molecule has 4 nitrogen and oxygen atoms in total. The highest BCUT2D eigenvalue weighted by Gasteiger charge is 2.19. The van der Waals surface area contributed by atoms with Crippen molar-refractivity contribution < 1.29 is 4.74 Å². The Morgan fingerprint density at radius 2 is 2.00 bits per heavy atom. The van der Waals surface area contributed by atoms with E-state index in [1.54, 1.807) is 0 Å². The second kappa shape index (κ2) is 8.19. The molecule has 1 aromatic heterocycles. The van der Waals surface area contributed by atoms with E-state index in [-0.39, 0.29) is 5.43 Å². The van der Waals surface area contributed by atoms with E-state index < -0.39 is 0 Å². The maximum absolute atomic E-state index is 13.2. The second-order valence-corrected chi connectivity index (χ2v) is 8.02. The number of aromatic amines is 1. The Hall–Kier alpha value is -2.59. The van der Waals surface area contributed by atoms with Gasteiger partial charge in [0, 0.05) is 35.2 Å². The van der Waals surface area contributed by atoms with E-state index in [1.165, 1.54) is 12.8 Å². The highest BCUT2D eigenvalue weighted by atomic mass is 16.5. The molecule has 1 unspecified atom stereocenters. The molecule has 0 radical (unpaired) electrons. The zero-order valence-corrected chi connectivity index (χ0v) is 16.7. The molecule has 1 saturated heterocycles. The van der Waals surface area contributed by atoms with E-state index in [2.05, 4.69) is 16.8 Å². The van der Waals surface area contributed by atoms with E-state index in [9.17, 15) is 4.79 Å². The minimum Gasteiger partial charge on any atom is -0.489 e. The maximum Gasteiger partial charge on any atom is 0.194 e. The fourth-order valence-electron chi connectivity index (χ4n) is 4.11. The number of likely N-dealkylation sites (tertiary alicyclic amines) is 1. The van der Waals surface area contributed by atoms with Crippen molar-refractivity contribution in [2.24, 2.45) is 5.92 Å². The van der Waals surface area contributed by atoms with E-state index in [0.29, 0.717) is 17.9 Å². The van der Waals surface area contributed by atoms with E-state index in [1.807, 2.05) is 55.5 Å². The van der Waals surface area contributed by atoms with Crippen LogP contribution in [0.25, 0.3) is 10.9 Å². The summed E-state index contributed by atoms with van der Waals surface area (Å²) in [4.78, 5) is 19.1. The summed E-state index contributed by atoms with van der Waals surface area (Å²) < 4.78 is 5.93. The topological polar surface area (TPSA) is 45.3 Å². The molecule has 0 saturated carbocycles. The molecule has 0 amide bonds. The van der Waals surface area contributed by atoms with Crippen molar-refractivity contribution >= 4 is 10.9 Å². The standard InChI is InChI=1S/C24H28N2O2/c1-17-7-6-12-26(14-17)15-22-18(2)25-23-11-10-20(13-21(23)24(22)27)28-16-19-8-4-3-5-9-19/h3-5,8-11,13,17H,6-7,12,14-16H2,1-2H3,(H,25,27). The summed E-state index contributed by atoms with van der Waals surface area (Å²) in [7, 11) is 0. The van der Waals surface area contributed by atoms with Gasteiger partial charge in [-0.1, -0.05) is 37.3 Å². The first-order chi connectivity index (χ1) is 13.6. The number of pyridine rings is 1. The molecular weight excluding hydrogens is 348 g/mol. The lowest BCUT2D eigenvalue weighted by Crippen LogP contribution is -2.35. The van der Waals surface area contributed by atoms with Crippen LogP contribution in [-0.4, -0.2) is 23.0 Å². The summed E-state index contributed by atoms with van der Waals surface area (Å²) >= 11 is 0. The molecule has 146 valence electrons. The Morgan fingerprint density at radius 1 is 1.18 bits per heavy atom. The largest absolute Gasteiger partial charge is 0.489 e. The second-order valence-electron chi connectivity index (χ2n) is 8.02. The molecule has 2 aromatic carbocycles. The predicted molar refractivity (Wildman–Crippen MR) is 114 cm³/mol. The summed E-state index contributed by atoms with van der Waals surface area (Å²) in [6, 6.07) is 15.8. The van der Waals surface area contributed by atoms with E-state index >= 15 is 0 Å². The summed E-state index contributed by atoms with van der Waals surface area (Å²) in [5.41, 5.74) is 3.94. The monoisotopic (exact) mass is 376 g/mol. The van der Waals surface area contributed by atoms with Crippen molar-refractivity contribution in [2.75, 3.05) is 13.1 Å². The number of nitrogens with one attached hydrogen (secondary N) is 1. The predicted octanol–water partition coefficient (Wildman–Crippen LogP) is 4.65. The number of H-pyrrole nitrogens is 1. The number of nitrogens with zero attached hydrogens (tertiary/aromatic N) is 1. The lowest BCUT2D eigenvalue weighted by atomic mass is 9.99. The highest BCUT2D eigenvalue weighted by molar-refractivity contribution is 5.81. The summed E-state index contributed by atoms with van der Waals surface area (Å²) in [6.07, 6.45) is 2.49. The van der Waals surface area contributed by atoms with Gasteiger partial charge in [0.1, 0.15) is 12.4 Å². The van der Waals surface area contributed by atoms with Gasteiger partial charge in [-0.15, -0.1) is 0 Å². The molecule has 4 rings (SSSR count). The van der Waals surface area contributed by atoms with Crippen molar-refractivity contribution in [2.45, 2.75) is 39.8 Å². The lowest BCUT2D eigenvalue weighted by molar-refractivity contribution is 0.176. The molecule has 4 heteroatoms.